The molecule has 17 heavy (non-hydrogen) atoms. The molecular weight excluding hydrogens is 222 g/mol. The maximum atomic E-state index is 11.1. The Labute approximate surface area is 99.4 Å². The van der Waals surface area contributed by atoms with Crippen LogP contribution in [0.5, 0.6) is 0 Å². The van der Waals surface area contributed by atoms with E-state index in [2.05, 4.69) is 5.32 Å². The quantitative estimate of drug-likeness (QED) is 0.642. The highest BCUT2D eigenvalue weighted by Gasteiger charge is 2.13. The monoisotopic (exact) mass is 237 g/mol. The lowest BCUT2D eigenvalue weighted by atomic mass is 10.2. The van der Waals surface area contributed by atoms with Crippen molar-refractivity contribution in [2.24, 2.45) is 0 Å². The van der Waals surface area contributed by atoms with Crippen molar-refractivity contribution in [1.82, 2.24) is 0 Å². The molecule has 0 radical (unpaired) electrons. The maximum absolute atomic E-state index is 11.1. The van der Waals surface area contributed by atoms with E-state index >= 15 is 0 Å². The van der Waals surface area contributed by atoms with E-state index in [9.17, 15) is 14.9 Å². The molecule has 0 aliphatic rings. The zero-order valence-electron chi connectivity index (χ0n) is 10.1. The summed E-state index contributed by atoms with van der Waals surface area (Å²) in [6.45, 7) is 4.07. The molecule has 0 spiro atoms. The number of amides is 1. The fourth-order valence-corrected chi connectivity index (χ4v) is 1.43. The zero-order chi connectivity index (χ0) is 13.0. The molecule has 0 heterocycles. The molecule has 6 heteroatoms. The molecule has 1 amide bonds. The molecule has 0 aliphatic heterocycles. The molecule has 6 nitrogen and oxygen atoms in total. The van der Waals surface area contributed by atoms with Crippen molar-refractivity contribution in [1.29, 1.82) is 0 Å². The zero-order valence-corrected chi connectivity index (χ0v) is 10.1. The third kappa shape index (κ3) is 3.17. The van der Waals surface area contributed by atoms with Crippen LogP contribution in [0.15, 0.2) is 18.2 Å². The Morgan fingerprint density at radius 2 is 2.18 bits per heavy atom. The van der Waals surface area contributed by atoms with Gasteiger partial charge in [0.2, 0.25) is 5.91 Å². The first-order valence-corrected chi connectivity index (χ1v) is 5.23. The van der Waals surface area contributed by atoms with Gasteiger partial charge in [0.15, 0.2) is 0 Å². The number of anilines is 2. The summed E-state index contributed by atoms with van der Waals surface area (Å²) in [6.07, 6.45) is 0. The number of nitrogens with zero attached hydrogens (tertiary/aromatic N) is 2. The van der Waals surface area contributed by atoms with Crippen LogP contribution in [0.4, 0.5) is 17.1 Å². The SMILES string of the molecule is CCN(C)c1ccc([N+](=O)[O-])cc1NC(C)=O. The summed E-state index contributed by atoms with van der Waals surface area (Å²) in [6, 6.07) is 4.42. The number of non-ortho nitro benzene ring substituents is 1. The molecule has 0 saturated carbocycles. The average Bonchev–Trinajstić information content (AvgIpc) is 2.27. The van der Waals surface area contributed by atoms with Crippen molar-refractivity contribution in [2.45, 2.75) is 13.8 Å². The molecule has 0 fully saturated rings. The Morgan fingerprint density at radius 1 is 1.53 bits per heavy atom. The lowest BCUT2D eigenvalue weighted by molar-refractivity contribution is -0.384. The first-order chi connectivity index (χ1) is 7.95. The highest BCUT2D eigenvalue weighted by atomic mass is 16.6. The second-order valence-corrected chi connectivity index (χ2v) is 3.65. The third-order valence-corrected chi connectivity index (χ3v) is 2.39. The van der Waals surface area contributed by atoms with Gasteiger partial charge in [0.25, 0.3) is 5.69 Å². The molecule has 92 valence electrons. The molecule has 0 saturated heterocycles. The van der Waals surface area contributed by atoms with Crippen molar-refractivity contribution < 1.29 is 9.72 Å². The number of carbonyl (C=O) groups is 1. The summed E-state index contributed by atoms with van der Waals surface area (Å²) in [5.74, 6) is -0.253. The van der Waals surface area contributed by atoms with E-state index in [0.29, 0.717) is 5.69 Å². The van der Waals surface area contributed by atoms with Crippen molar-refractivity contribution >= 4 is 23.0 Å². The summed E-state index contributed by atoms with van der Waals surface area (Å²) >= 11 is 0. The highest BCUT2D eigenvalue weighted by Crippen LogP contribution is 2.29. The predicted octanol–water partition coefficient (Wildman–Crippen LogP) is 2.01. The first-order valence-electron chi connectivity index (χ1n) is 5.23. The van der Waals surface area contributed by atoms with Gasteiger partial charge in [-0.25, -0.2) is 0 Å². The summed E-state index contributed by atoms with van der Waals surface area (Å²) in [5.41, 5.74) is 1.17. The van der Waals surface area contributed by atoms with Crippen molar-refractivity contribution in [2.75, 3.05) is 23.8 Å². The topological polar surface area (TPSA) is 75.5 Å². The van der Waals surface area contributed by atoms with Crippen molar-refractivity contribution in [3.8, 4) is 0 Å². The normalized spacial score (nSPS) is 9.82. The molecule has 1 N–H and O–H groups in total. The van der Waals surface area contributed by atoms with Crippen LogP contribution in [-0.2, 0) is 4.79 Å². The molecule has 0 unspecified atom stereocenters. The van der Waals surface area contributed by atoms with E-state index in [4.69, 9.17) is 0 Å². The summed E-state index contributed by atoms with van der Waals surface area (Å²) in [4.78, 5) is 23.1. The van der Waals surface area contributed by atoms with Crippen molar-refractivity contribution in [3.63, 3.8) is 0 Å². The van der Waals surface area contributed by atoms with Gasteiger partial charge in [-0.05, 0) is 13.0 Å². The fraction of sp³-hybridized carbons (Fsp3) is 0.364. The van der Waals surface area contributed by atoms with E-state index < -0.39 is 4.92 Å². The van der Waals surface area contributed by atoms with Crippen LogP contribution in [0.25, 0.3) is 0 Å². The summed E-state index contributed by atoms with van der Waals surface area (Å²) in [5, 5.41) is 13.3. The number of nitrogens with one attached hydrogen (secondary N) is 1. The molecular formula is C11H15N3O3. The van der Waals surface area contributed by atoms with Crippen LogP contribution in [0.3, 0.4) is 0 Å². The molecule has 0 atom stereocenters. The van der Waals surface area contributed by atoms with E-state index in [-0.39, 0.29) is 11.6 Å². The number of hydrogen-bond donors (Lipinski definition) is 1. The largest absolute Gasteiger partial charge is 0.373 e. The number of nitro groups is 1. The van der Waals surface area contributed by atoms with Crippen LogP contribution in [0.1, 0.15) is 13.8 Å². The second-order valence-electron chi connectivity index (χ2n) is 3.65. The number of hydrogen-bond acceptors (Lipinski definition) is 4. The minimum Gasteiger partial charge on any atom is -0.373 e. The predicted molar refractivity (Wildman–Crippen MR) is 66.3 cm³/mol. The third-order valence-electron chi connectivity index (χ3n) is 2.39. The molecule has 1 aromatic carbocycles. The van der Waals surface area contributed by atoms with Crippen LogP contribution in [0, 0.1) is 10.1 Å². The van der Waals surface area contributed by atoms with Gasteiger partial charge in [0.1, 0.15) is 0 Å². The van der Waals surface area contributed by atoms with Crippen LogP contribution in [0.2, 0.25) is 0 Å². The number of rotatable bonds is 4. The molecule has 0 aromatic heterocycles. The van der Waals surface area contributed by atoms with E-state index in [1.54, 1.807) is 6.07 Å². The van der Waals surface area contributed by atoms with Gasteiger partial charge in [-0.3, -0.25) is 14.9 Å². The Bertz CT molecular complexity index is 446. The van der Waals surface area contributed by atoms with Gasteiger partial charge in [-0.1, -0.05) is 0 Å². The molecule has 0 aliphatic carbocycles. The Hall–Kier alpha value is -2.11. The van der Waals surface area contributed by atoms with Gasteiger partial charge in [0, 0.05) is 32.6 Å². The first kappa shape index (κ1) is 13.0. The maximum Gasteiger partial charge on any atom is 0.271 e. The Morgan fingerprint density at radius 3 is 2.65 bits per heavy atom. The lowest BCUT2D eigenvalue weighted by Gasteiger charge is -2.20. The lowest BCUT2D eigenvalue weighted by Crippen LogP contribution is -2.19. The minimum atomic E-state index is -0.485. The van der Waals surface area contributed by atoms with E-state index in [0.717, 1.165) is 12.2 Å². The minimum absolute atomic E-state index is 0.0398. The Balaban J connectivity index is 3.20. The van der Waals surface area contributed by atoms with Crippen molar-refractivity contribution in [3.05, 3.63) is 28.3 Å². The van der Waals surface area contributed by atoms with E-state index in [1.165, 1.54) is 19.1 Å². The van der Waals surface area contributed by atoms with Gasteiger partial charge in [-0.2, -0.15) is 0 Å². The smallest absolute Gasteiger partial charge is 0.271 e. The standard InChI is InChI=1S/C11H15N3O3/c1-4-13(3)11-6-5-9(14(16)17)7-10(11)12-8(2)15/h5-7H,4H2,1-3H3,(H,12,15). The molecule has 0 bridgehead atoms. The van der Waals surface area contributed by atoms with E-state index in [1.807, 2.05) is 18.9 Å². The summed E-state index contributed by atoms with van der Waals surface area (Å²) in [7, 11) is 1.85. The fourth-order valence-electron chi connectivity index (χ4n) is 1.43. The average molecular weight is 237 g/mol. The van der Waals surface area contributed by atoms with Crippen LogP contribution in [-0.4, -0.2) is 24.4 Å². The van der Waals surface area contributed by atoms with Crippen LogP contribution >= 0.6 is 0 Å². The molecule has 1 aromatic rings. The van der Waals surface area contributed by atoms with Gasteiger partial charge < -0.3 is 10.2 Å². The second kappa shape index (κ2) is 5.29. The summed E-state index contributed by atoms with van der Waals surface area (Å²) < 4.78 is 0. The number of nitro benzene ring substituents is 1. The van der Waals surface area contributed by atoms with Gasteiger partial charge in [-0.15, -0.1) is 0 Å². The number of benzene rings is 1. The van der Waals surface area contributed by atoms with Gasteiger partial charge in [0.05, 0.1) is 16.3 Å². The Kier molecular flexibility index (Phi) is 4.03. The highest BCUT2D eigenvalue weighted by molar-refractivity contribution is 5.93. The molecule has 1 rings (SSSR count). The van der Waals surface area contributed by atoms with Gasteiger partial charge >= 0.3 is 0 Å². The number of carbonyl (C=O) groups excluding carboxylic acids is 1. The van der Waals surface area contributed by atoms with Crippen LogP contribution < -0.4 is 10.2 Å².